The molecular formula is C12H25NO4S. The first-order valence-electron chi connectivity index (χ1n) is 6.22. The molecule has 0 fully saturated rings. The lowest BCUT2D eigenvalue weighted by atomic mass is 10.0. The molecule has 6 heteroatoms. The van der Waals surface area contributed by atoms with Crippen LogP contribution >= 0.6 is 0 Å². The van der Waals surface area contributed by atoms with Crippen LogP contribution in [0.1, 0.15) is 53.9 Å². The molecule has 0 spiro atoms. The molecule has 18 heavy (non-hydrogen) atoms. The summed E-state index contributed by atoms with van der Waals surface area (Å²) in [6, 6.07) is -0.171. The number of carboxylic acid groups (broad SMARTS) is 1. The fraction of sp³-hybridized carbons (Fsp3) is 0.917. The van der Waals surface area contributed by atoms with Crippen LogP contribution in [0, 0.1) is 5.92 Å². The predicted octanol–water partition coefficient (Wildman–Crippen LogP) is 1.98. The molecule has 0 amide bonds. The van der Waals surface area contributed by atoms with Gasteiger partial charge in [0.25, 0.3) is 0 Å². The van der Waals surface area contributed by atoms with Crippen molar-refractivity contribution in [3.8, 4) is 0 Å². The summed E-state index contributed by atoms with van der Waals surface area (Å²) >= 11 is 0. The van der Waals surface area contributed by atoms with E-state index in [1.807, 2.05) is 0 Å². The Morgan fingerprint density at radius 3 is 2.11 bits per heavy atom. The number of rotatable bonds is 7. The molecule has 0 rings (SSSR count). The van der Waals surface area contributed by atoms with E-state index < -0.39 is 20.7 Å². The smallest absolute Gasteiger partial charge is 0.306 e. The Labute approximate surface area is 110 Å². The summed E-state index contributed by atoms with van der Waals surface area (Å²) in [4.78, 5) is 10.6. The van der Waals surface area contributed by atoms with Crippen LogP contribution in [0.25, 0.3) is 0 Å². The van der Waals surface area contributed by atoms with Gasteiger partial charge in [-0.25, -0.2) is 13.1 Å². The number of aliphatic carboxylic acids is 1. The fourth-order valence-corrected chi connectivity index (χ4v) is 2.36. The summed E-state index contributed by atoms with van der Waals surface area (Å²) < 4.78 is 25.5. The van der Waals surface area contributed by atoms with E-state index in [0.717, 1.165) is 0 Å². The topological polar surface area (TPSA) is 83.5 Å². The van der Waals surface area contributed by atoms with E-state index in [-0.39, 0.29) is 12.0 Å². The highest BCUT2D eigenvalue weighted by atomic mass is 32.2. The average Bonchev–Trinajstić information content (AvgIpc) is 2.14. The van der Waals surface area contributed by atoms with Gasteiger partial charge >= 0.3 is 5.97 Å². The number of hydrogen-bond donors (Lipinski definition) is 2. The molecule has 0 aliphatic rings. The molecule has 2 N–H and O–H groups in total. The summed E-state index contributed by atoms with van der Waals surface area (Å²) in [7, 11) is -3.33. The van der Waals surface area contributed by atoms with E-state index >= 15 is 0 Å². The molecule has 2 atom stereocenters. The van der Waals surface area contributed by atoms with E-state index in [1.54, 1.807) is 34.6 Å². The minimum Gasteiger partial charge on any atom is -0.481 e. The lowest BCUT2D eigenvalue weighted by Crippen LogP contribution is -2.43. The molecule has 0 aliphatic heterocycles. The van der Waals surface area contributed by atoms with Crippen LogP contribution in [0.15, 0.2) is 0 Å². The van der Waals surface area contributed by atoms with Gasteiger partial charge in [-0.15, -0.1) is 0 Å². The Kier molecular flexibility index (Phi) is 6.29. The minimum absolute atomic E-state index is 0.171. The number of sulfonamides is 1. The molecule has 0 bridgehead atoms. The van der Waals surface area contributed by atoms with Gasteiger partial charge < -0.3 is 5.11 Å². The zero-order valence-corrected chi connectivity index (χ0v) is 12.7. The van der Waals surface area contributed by atoms with Crippen LogP contribution < -0.4 is 4.72 Å². The average molecular weight is 279 g/mol. The molecule has 5 nitrogen and oxygen atoms in total. The first kappa shape index (κ1) is 17.4. The van der Waals surface area contributed by atoms with Gasteiger partial charge in [0.2, 0.25) is 10.0 Å². The lowest BCUT2D eigenvalue weighted by Gasteiger charge is -2.23. The van der Waals surface area contributed by atoms with Crippen LogP contribution in [-0.2, 0) is 14.8 Å². The van der Waals surface area contributed by atoms with Crippen LogP contribution in [-0.4, -0.2) is 30.3 Å². The molecule has 0 saturated carbocycles. The summed E-state index contributed by atoms with van der Waals surface area (Å²) in [5.41, 5.74) is 0. The fourth-order valence-electron chi connectivity index (χ4n) is 1.35. The lowest BCUT2D eigenvalue weighted by molar-refractivity contribution is -0.141. The van der Waals surface area contributed by atoms with Crippen LogP contribution in [0.4, 0.5) is 0 Å². The van der Waals surface area contributed by atoms with Crippen LogP contribution in [0.5, 0.6) is 0 Å². The van der Waals surface area contributed by atoms with Crippen molar-refractivity contribution in [3.05, 3.63) is 0 Å². The highest BCUT2D eigenvalue weighted by Gasteiger charge is 2.29. The summed E-state index contributed by atoms with van der Waals surface area (Å²) in [5, 5.41) is 8.73. The Hall–Kier alpha value is -0.620. The van der Waals surface area contributed by atoms with E-state index in [4.69, 9.17) is 5.11 Å². The number of nitrogens with one attached hydrogen (secondary N) is 1. The number of hydrogen-bond acceptors (Lipinski definition) is 3. The second-order valence-electron chi connectivity index (χ2n) is 5.80. The van der Waals surface area contributed by atoms with Crippen molar-refractivity contribution in [1.82, 2.24) is 4.72 Å². The minimum atomic E-state index is -3.33. The van der Waals surface area contributed by atoms with Gasteiger partial charge in [-0.2, -0.15) is 0 Å². The quantitative estimate of drug-likeness (QED) is 0.746. The Morgan fingerprint density at radius 2 is 1.72 bits per heavy atom. The zero-order chi connectivity index (χ0) is 14.6. The molecule has 0 aromatic carbocycles. The first-order chi connectivity index (χ1) is 7.97. The van der Waals surface area contributed by atoms with E-state index in [1.165, 1.54) is 0 Å². The van der Waals surface area contributed by atoms with Crippen molar-refractivity contribution in [2.45, 2.75) is 64.7 Å². The van der Waals surface area contributed by atoms with Crippen molar-refractivity contribution in [2.75, 3.05) is 0 Å². The van der Waals surface area contributed by atoms with E-state index in [9.17, 15) is 13.2 Å². The molecular weight excluding hydrogens is 254 g/mol. The highest BCUT2D eigenvalue weighted by Crippen LogP contribution is 2.16. The first-order valence-corrected chi connectivity index (χ1v) is 7.70. The monoisotopic (exact) mass is 279 g/mol. The van der Waals surface area contributed by atoms with Crippen molar-refractivity contribution in [1.29, 1.82) is 0 Å². The van der Waals surface area contributed by atoms with Gasteiger partial charge in [0.15, 0.2) is 0 Å². The Balaban J connectivity index is 4.14. The number of carbonyl (C=O) groups is 1. The molecule has 0 saturated heterocycles. The molecule has 0 radical (unpaired) electrons. The summed E-state index contributed by atoms with van der Waals surface area (Å²) in [6.45, 7) is 8.40. The normalized spacial score (nSPS) is 16.3. The number of carboxylic acids is 1. The maximum Gasteiger partial charge on any atom is 0.306 e. The van der Waals surface area contributed by atoms with Crippen molar-refractivity contribution >= 4 is 16.0 Å². The second-order valence-corrected chi connectivity index (χ2v) is 8.27. The molecule has 2 unspecified atom stereocenters. The van der Waals surface area contributed by atoms with Crippen molar-refractivity contribution in [2.24, 2.45) is 5.92 Å². The maximum atomic E-state index is 11.9. The third kappa shape index (κ3) is 5.82. The van der Waals surface area contributed by atoms with Crippen molar-refractivity contribution < 1.29 is 18.3 Å². The molecule has 108 valence electrons. The molecule has 0 aromatic heterocycles. The SMILES string of the molecule is CC(CCCC(C)C(=O)O)NS(=O)(=O)C(C)(C)C. The third-order valence-electron chi connectivity index (χ3n) is 2.86. The van der Waals surface area contributed by atoms with Crippen LogP contribution in [0.3, 0.4) is 0 Å². The third-order valence-corrected chi connectivity index (χ3v) is 5.18. The maximum absolute atomic E-state index is 11.9. The van der Waals surface area contributed by atoms with E-state index in [0.29, 0.717) is 19.3 Å². The summed E-state index contributed by atoms with van der Waals surface area (Å²) in [5.74, 6) is -1.19. The van der Waals surface area contributed by atoms with Gasteiger partial charge in [0.1, 0.15) is 0 Å². The van der Waals surface area contributed by atoms with Gasteiger partial charge in [-0.05, 0) is 40.5 Å². The Morgan fingerprint density at radius 1 is 1.22 bits per heavy atom. The summed E-state index contributed by atoms with van der Waals surface area (Å²) in [6.07, 6.45) is 1.91. The predicted molar refractivity (Wildman–Crippen MR) is 71.9 cm³/mol. The van der Waals surface area contributed by atoms with Crippen LogP contribution in [0.2, 0.25) is 0 Å². The standard InChI is InChI=1S/C12H25NO4S/c1-9(11(14)15)7-6-8-10(2)13-18(16,17)12(3,4)5/h9-10,13H,6-8H2,1-5H3,(H,14,15). The molecule has 0 aromatic rings. The zero-order valence-electron chi connectivity index (χ0n) is 11.9. The van der Waals surface area contributed by atoms with Gasteiger partial charge in [-0.3, -0.25) is 4.79 Å². The molecule has 0 aliphatic carbocycles. The van der Waals surface area contributed by atoms with Crippen molar-refractivity contribution in [3.63, 3.8) is 0 Å². The van der Waals surface area contributed by atoms with Gasteiger partial charge in [-0.1, -0.05) is 13.3 Å². The second kappa shape index (κ2) is 6.52. The van der Waals surface area contributed by atoms with E-state index in [2.05, 4.69) is 4.72 Å². The largest absolute Gasteiger partial charge is 0.481 e. The highest BCUT2D eigenvalue weighted by molar-refractivity contribution is 7.90. The van der Waals surface area contributed by atoms with Gasteiger partial charge in [0, 0.05) is 6.04 Å². The molecule has 0 heterocycles. The Bertz CT molecular complexity index is 370. The van der Waals surface area contributed by atoms with Gasteiger partial charge in [0.05, 0.1) is 10.7 Å².